The summed E-state index contributed by atoms with van der Waals surface area (Å²) in [6, 6.07) is 3.64. The van der Waals surface area contributed by atoms with E-state index in [1.807, 2.05) is 19.1 Å². The Morgan fingerprint density at radius 3 is 2.75 bits per heavy atom. The van der Waals surface area contributed by atoms with Gasteiger partial charge in [-0.15, -0.1) is 0 Å². The molecule has 24 heavy (non-hydrogen) atoms. The van der Waals surface area contributed by atoms with Crippen molar-refractivity contribution in [3.63, 3.8) is 0 Å². The molecule has 1 N–H and O–H groups in total. The predicted octanol–water partition coefficient (Wildman–Crippen LogP) is 1.14. The van der Waals surface area contributed by atoms with Crippen LogP contribution in [0.25, 0.3) is 0 Å². The van der Waals surface area contributed by atoms with Crippen LogP contribution in [0.4, 0.5) is 0 Å². The molecule has 0 aliphatic carbocycles. The first-order valence-electron chi connectivity index (χ1n) is 8.02. The number of hydrogen-bond donors (Lipinski definition) is 1. The SMILES string of the molecule is CCn1cc(S(=O)(=O)N[C@@H]2COC[C@H]2Cc2ccncc2)c(C)n1. The second kappa shape index (κ2) is 7.00. The lowest BCUT2D eigenvalue weighted by atomic mass is 9.96. The third-order valence-corrected chi connectivity index (χ3v) is 5.86. The number of aromatic nitrogens is 3. The van der Waals surface area contributed by atoms with Crippen LogP contribution in [-0.4, -0.2) is 42.4 Å². The zero-order chi connectivity index (χ0) is 17.2. The minimum absolute atomic E-state index is 0.101. The predicted molar refractivity (Wildman–Crippen MR) is 89.0 cm³/mol. The van der Waals surface area contributed by atoms with Crippen LogP contribution in [0.15, 0.2) is 35.6 Å². The van der Waals surface area contributed by atoms with E-state index in [-0.39, 0.29) is 16.9 Å². The van der Waals surface area contributed by atoms with E-state index in [1.54, 1.807) is 30.2 Å². The van der Waals surface area contributed by atoms with Crippen LogP contribution in [-0.2, 0) is 27.7 Å². The Morgan fingerprint density at radius 2 is 2.08 bits per heavy atom. The second-order valence-corrected chi connectivity index (χ2v) is 7.70. The van der Waals surface area contributed by atoms with Crippen LogP contribution in [0.2, 0.25) is 0 Å². The zero-order valence-electron chi connectivity index (χ0n) is 13.8. The van der Waals surface area contributed by atoms with Crippen molar-refractivity contribution in [2.24, 2.45) is 5.92 Å². The molecule has 1 aliphatic heterocycles. The Kier molecular flexibility index (Phi) is 4.98. The summed E-state index contributed by atoms with van der Waals surface area (Å²) in [6.45, 7) is 5.19. The average molecular weight is 350 g/mol. The van der Waals surface area contributed by atoms with Gasteiger partial charge in [-0.1, -0.05) is 0 Å². The lowest BCUT2D eigenvalue weighted by Crippen LogP contribution is -2.40. The van der Waals surface area contributed by atoms with Crippen LogP contribution < -0.4 is 4.72 Å². The molecule has 2 atom stereocenters. The summed E-state index contributed by atoms with van der Waals surface area (Å²) in [4.78, 5) is 4.24. The first-order valence-corrected chi connectivity index (χ1v) is 9.51. The fourth-order valence-electron chi connectivity index (χ4n) is 2.94. The van der Waals surface area contributed by atoms with E-state index in [0.29, 0.717) is 25.5 Å². The lowest BCUT2D eigenvalue weighted by molar-refractivity contribution is 0.183. The summed E-state index contributed by atoms with van der Waals surface area (Å²) >= 11 is 0. The number of ether oxygens (including phenoxy) is 1. The highest BCUT2D eigenvalue weighted by Crippen LogP contribution is 2.22. The van der Waals surface area contributed by atoms with Gasteiger partial charge < -0.3 is 4.74 Å². The molecule has 3 heterocycles. The second-order valence-electron chi connectivity index (χ2n) is 6.02. The van der Waals surface area contributed by atoms with E-state index in [9.17, 15) is 8.42 Å². The molecule has 1 fully saturated rings. The lowest BCUT2D eigenvalue weighted by Gasteiger charge is -2.19. The summed E-state index contributed by atoms with van der Waals surface area (Å²) in [7, 11) is -3.61. The summed E-state index contributed by atoms with van der Waals surface area (Å²) in [5.74, 6) is 0.101. The maximum absolute atomic E-state index is 12.7. The van der Waals surface area contributed by atoms with E-state index in [1.165, 1.54) is 0 Å². The molecule has 0 aromatic carbocycles. The summed E-state index contributed by atoms with van der Waals surface area (Å²) < 4.78 is 35.4. The molecule has 0 radical (unpaired) electrons. The van der Waals surface area contributed by atoms with E-state index in [2.05, 4.69) is 14.8 Å². The van der Waals surface area contributed by atoms with Gasteiger partial charge in [-0.3, -0.25) is 9.67 Å². The van der Waals surface area contributed by atoms with Crippen LogP contribution in [0.1, 0.15) is 18.2 Å². The van der Waals surface area contributed by atoms with E-state index >= 15 is 0 Å². The maximum Gasteiger partial charge on any atom is 0.244 e. The smallest absolute Gasteiger partial charge is 0.244 e. The van der Waals surface area contributed by atoms with Crippen molar-refractivity contribution >= 4 is 10.0 Å². The summed E-state index contributed by atoms with van der Waals surface area (Å²) in [6.07, 6.45) is 5.81. The van der Waals surface area contributed by atoms with Gasteiger partial charge >= 0.3 is 0 Å². The Hall–Kier alpha value is -1.77. The molecular formula is C16H22N4O3S. The van der Waals surface area contributed by atoms with Gasteiger partial charge in [0.15, 0.2) is 0 Å². The molecule has 2 aromatic rings. The summed E-state index contributed by atoms with van der Waals surface area (Å²) in [5.41, 5.74) is 1.63. The fraction of sp³-hybridized carbons (Fsp3) is 0.500. The van der Waals surface area contributed by atoms with Gasteiger partial charge in [0.05, 0.1) is 24.9 Å². The molecule has 130 valence electrons. The van der Waals surface area contributed by atoms with Gasteiger partial charge in [0.2, 0.25) is 10.0 Å². The minimum Gasteiger partial charge on any atom is -0.379 e. The van der Waals surface area contributed by atoms with Crippen molar-refractivity contribution in [3.8, 4) is 0 Å². The van der Waals surface area contributed by atoms with E-state index in [0.717, 1.165) is 12.0 Å². The first kappa shape index (κ1) is 17.1. The molecule has 0 saturated carbocycles. The van der Waals surface area contributed by atoms with E-state index < -0.39 is 10.0 Å². The number of rotatable bonds is 6. The quantitative estimate of drug-likeness (QED) is 0.844. The normalized spacial score (nSPS) is 21.2. The molecule has 0 bridgehead atoms. The highest BCUT2D eigenvalue weighted by molar-refractivity contribution is 7.89. The molecule has 0 unspecified atom stereocenters. The Labute approximate surface area is 142 Å². The highest BCUT2D eigenvalue weighted by Gasteiger charge is 2.33. The first-order chi connectivity index (χ1) is 11.5. The molecule has 0 amide bonds. The Balaban J connectivity index is 1.74. The third kappa shape index (κ3) is 3.66. The number of sulfonamides is 1. The number of hydrogen-bond acceptors (Lipinski definition) is 5. The van der Waals surface area contributed by atoms with Crippen LogP contribution in [0.3, 0.4) is 0 Å². The molecular weight excluding hydrogens is 328 g/mol. The van der Waals surface area contributed by atoms with Crippen molar-refractivity contribution in [1.29, 1.82) is 0 Å². The summed E-state index contributed by atoms with van der Waals surface area (Å²) in [5, 5.41) is 4.22. The molecule has 8 heteroatoms. The third-order valence-electron chi connectivity index (χ3n) is 4.27. The van der Waals surface area contributed by atoms with Gasteiger partial charge in [0.1, 0.15) is 4.90 Å². The molecule has 7 nitrogen and oxygen atoms in total. The minimum atomic E-state index is -3.61. The van der Waals surface area contributed by atoms with Crippen molar-refractivity contribution < 1.29 is 13.2 Å². The monoisotopic (exact) mass is 350 g/mol. The molecule has 1 saturated heterocycles. The van der Waals surface area contributed by atoms with Gasteiger partial charge in [-0.05, 0) is 38.0 Å². The Bertz CT molecular complexity index is 789. The van der Waals surface area contributed by atoms with Gasteiger partial charge in [0, 0.05) is 31.1 Å². The number of aryl methyl sites for hydroxylation is 2. The fourth-order valence-corrected chi connectivity index (χ4v) is 4.42. The molecule has 3 rings (SSSR count). The average Bonchev–Trinajstić information content (AvgIpc) is 3.15. The number of nitrogens with zero attached hydrogens (tertiary/aromatic N) is 3. The zero-order valence-corrected chi connectivity index (χ0v) is 14.7. The van der Waals surface area contributed by atoms with Crippen molar-refractivity contribution in [2.75, 3.05) is 13.2 Å². The van der Waals surface area contributed by atoms with Crippen molar-refractivity contribution in [2.45, 2.75) is 37.8 Å². The number of nitrogens with one attached hydrogen (secondary N) is 1. The van der Waals surface area contributed by atoms with E-state index in [4.69, 9.17) is 4.74 Å². The highest BCUT2D eigenvalue weighted by atomic mass is 32.2. The van der Waals surface area contributed by atoms with Crippen LogP contribution >= 0.6 is 0 Å². The molecule has 0 spiro atoms. The van der Waals surface area contributed by atoms with Crippen LogP contribution in [0.5, 0.6) is 0 Å². The topological polar surface area (TPSA) is 86.1 Å². The van der Waals surface area contributed by atoms with Gasteiger partial charge in [0.25, 0.3) is 0 Å². The maximum atomic E-state index is 12.7. The molecule has 2 aromatic heterocycles. The van der Waals surface area contributed by atoms with Crippen molar-refractivity contribution in [1.82, 2.24) is 19.5 Å². The van der Waals surface area contributed by atoms with Crippen molar-refractivity contribution in [3.05, 3.63) is 42.0 Å². The van der Waals surface area contributed by atoms with Gasteiger partial charge in [-0.2, -0.15) is 5.10 Å². The standard InChI is InChI=1S/C16H22N4O3S/c1-3-20-9-16(12(2)18-20)24(21,22)19-15-11-23-10-14(15)8-13-4-6-17-7-5-13/h4-7,9,14-15,19H,3,8,10-11H2,1-2H3/t14-,15-/m1/s1. The molecule has 1 aliphatic rings. The number of pyridine rings is 1. The van der Waals surface area contributed by atoms with Crippen LogP contribution in [0, 0.1) is 12.8 Å². The largest absolute Gasteiger partial charge is 0.379 e. The Morgan fingerprint density at radius 1 is 1.33 bits per heavy atom. The van der Waals surface area contributed by atoms with Gasteiger partial charge in [-0.25, -0.2) is 13.1 Å².